The maximum absolute atomic E-state index is 14.6. The maximum Gasteiger partial charge on any atom is 0.317 e. The van der Waals surface area contributed by atoms with Crippen molar-refractivity contribution in [2.75, 3.05) is 38.0 Å². The normalized spacial score (nSPS) is 19.9. The van der Waals surface area contributed by atoms with Crippen LogP contribution in [0.5, 0.6) is 0 Å². The van der Waals surface area contributed by atoms with Gasteiger partial charge in [0.05, 0.1) is 6.54 Å². The topological polar surface area (TPSA) is 77.5 Å². The fourth-order valence-corrected chi connectivity index (χ4v) is 3.71. The first-order chi connectivity index (χ1) is 12.5. The largest absolute Gasteiger partial charge is 0.480 e. The molecule has 0 radical (unpaired) electrons. The third kappa shape index (κ3) is 4.71. The Morgan fingerprint density at radius 2 is 2.27 bits per heavy atom. The molecule has 0 spiro atoms. The molecule has 3 rings (SSSR count). The number of carboxylic acid groups (broad SMARTS) is 1. The predicted molar refractivity (Wildman–Crippen MR) is 99.4 cm³/mol. The lowest BCUT2D eigenvalue weighted by Gasteiger charge is -2.47. The van der Waals surface area contributed by atoms with Crippen molar-refractivity contribution < 1.29 is 14.3 Å². The highest BCUT2D eigenvalue weighted by Gasteiger charge is 2.47. The molecule has 1 atom stereocenters. The minimum absolute atomic E-state index is 0.0823. The second kappa shape index (κ2) is 8.31. The Balaban J connectivity index is 1.32. The van der Waals surface area contributed by atoms with E-state index in [1.807, 2.05) is 6.92 Å². The lowest BCUT2D eigenvalue weighted by Crippen LogP contribution is -2.67. The van der Waals surface area contributed by atoms with Crippen molar-refractivity contribution in [1.29, 1.82) is 0 Å². The number of hydrogen-bond donors (Lipinski definition) is 3. The molecule has 0 saturated carbocycles. The standard InChI is InChI=1S/C19H29FN4O2/c1-14(19(20)12-24(13-19)11-17(25)26)21-9-3-2-6-16-8-7-15-5-4-10-22-18(15)23-16/h7-8,14,21H,2-6,9-13H2,1H3,(H,22,23)(H,25,26). The summed E-state index contributed by atoms with van der Waals surface area (Å²) in [4.78, 5) is 17.0. The number of aliphatic carboxylic acids is 1. The minimum Gasteiger partial charge on any atom is -0.480 e. The number of fused-ring (bicyclic) bond motifs is 1. The van der Waals surface area contributed by atoms with Gasteiger partial charge in [0, 0.05) is 31.4 Å². The summed E-state index contributed by atoms with van der Waals surface area (Å²) in [6, 6.07) is 4.03. The third-order valence-electron chi connectivity index (χ3n) is 5.37. The highest BCUT2D eigenvalue weighted by molar-refractivity contribution is 5.69. The van der Waals surface area contributed by atoms with Crippen molar-refractivity contribution in [3.05, 3.63) is 23.4 Å². The number of pyridine rings is 1. The summed E-state index contributed by atoms with van der Waals surface area (Å²) >= 11 is 0. The summed E-state index contributed by atoms with van der Waals surface area (Å²) in [5.74, 6) is 0.134. The molecule has 6 nitrogen and oxygen atoms in total. The van der Waals surface area contributed by atoms with Gasteiger partial charge in [-0.15, -0.1) is 0 Å². The number of aromatic nitrogens is 1. The van der Waals surface area contributed by atoms with Gasteiger partial charge in [0.2, 0.25) is 0 Å². The number of alkyl halides is 1. The number of hydrogen-bond acceptors (Lipinski definition) is 5. The van der Waals surface area contributed by atoms with Crippen molar-refractivity contribution in [2.45, 2.75) is 50.7 Å². The van der Waals surface area contributed by atoms with Gasteiger partial charge in [0.25, 0.3) is 0 Å². The molecule has 1 unspecified atom stereocenters. The molecule has 3 heterocycles. The number of unbranched alkanes of at least 4 members (excludes halogenated alkanes) is 1. The van der Waals surface area contributed by atoms with Gasteiger partial charge in [0.15, 0.2) is 5.67 Å². The number of rotatable bonds is 9. The van der Waals surface area contributed by atoms with E-state index in [2.05, 4.69) is 22.8 Å². The van der Waals surface area contributed by atoms with Crippen LogP contribution in [0.2, 0.25) is 0 Å². The van der Waals surface area contributed by atoms with Crippen molar-refractivity contribution in [1.82, 2.24) is 15.2 Å². The van der Waals surface area contributed by atoms with E-state index in [1.54, 1.807) is 4.90 Å². The number of anilines is 1. The van der Waals surface area contributed by atoms with Crippen LogP contribution in [0.15, 0.2) is 12.1 Å². The summed E-state index contributed by atoms with van der Waals surface area (Å²) in [5.41, 5.74) is 1.10. The van der Waals surface area contributed by atoms with Crippen LogP contribution in [-0.2, 0) is 17.6 Å². The Hall–Kier alpha value is -1.73. The summed E-state index contributed by atoms with van der Waals surface area (Å²) in [6.45, 7) is 3.91. The molecular formula is C19H29FN4O2. The SMILES string of the molecule is CC(NCCCCc1ccc2c(n1)NCCC2)C1(F)CN(CC(=O)O)C1. The monoisotopic (exact) mass is 364 g/mol. The quantitative estimate of drug-likeness (QED) is 0.581. The molecule has 0 bridgehead atoms. The number of likely N-dealkylation sites (tertiary alicyclic amines) is 1. The van der Waals surface area contributed by atoms with Crippen molar-refractivity contribution in [3.63, 3.8) is 0 Å². The lowest BCUT2D eigenvalue weighted by molar-refractivity contribution is -0.143. The Kier molecular flexibility index (Phi) is 6.09. The molecular weight excluding hydrogens is 335 g/mol. The molecule has 3 N–H and O–H groups in total. The molecule has 0 aromatic carbocycles. The Morgan fingerprint density at radius 3 is 3.04 bits per heavy atom. The maximum atomic E-state index is 14.6. The lowest BCUT2D eigenvalue weighted by atomic mass is 9.88. The number of aryl methyl sites for hydroxylation is 2. The van der Waals surface area contributed by atoms with E-state index in [-0.39, 0.29) is 25.7 Å². The fourth-order valence-electron chi connectivity index (χ4n) is 3.71. The number of nitrogens with zero attached hydrogens (tertiary/aromatic N) is 2. The molecule has 144 valence electrons. The molecule has 7 heteroatoms. The van der Waals surface area contributed by atoms with E-state index in [4.69, 9.17) is 10.1 Å². The molecule has 26 heavy (non-hydrogen) atoms. The summed E-state index contributed by atoms with van der Waals surface area (Å²) in [7, 11) is 0. The van der Waals surface area contributed by atoms with Crippen LogP contribution < -0.4 is 10.6 Å². The average molecular weight is 364 g/mol. The van der Waals surface area contributed by atoms with Crippen molar-refractivity contribution >= 4 is 11.8 Å². The van der Waals surface area contributed by atoms with Gasteiger partial charge in [-0.05, 0) is 57.2 Å². The first kappa shape index (κ1) is 19.0. The smallest absolute Gasteiger partial charge is 0.317 e. The molecule has 2 aliphatic heterocycles. The van der Waals surface area contributed by atoms with Crippen LogP contribution in [0, 0.1) is 0 Å². The Labute approximate surface area is 154 Å². The number of carboxylic acids is 1. The molecule has 1 fully saturated rings. The highest BCUT2D eigenvalue weighted by atomic mass is 19.1. The van der Waals surface area contributed by atoms with Crippen LogP contribution >= 0.6 is 0 Å². The van der Waals surface area contributed by atoms with E-state index in [0.29, 0.717) is 0 Å². The van der Waals surface area contributed by atoms with Gasteiger partial charge >= 0.3 is 5.97 Å². The average Bonchev–Trinajstić information content (AvgIpc) is 2.59. The first-order valence-corrected chi connectivity index (χ1v) is 9.55. The van der Waals surface area contributed by atoms with Crippen LogP contribution in [0.3, 0.4) is 0 Å². The summed E-state index contributed by atoms with van der Waals surface area (Å²) in [6.07, 6.45) is 5.17. The number of halogens is 1. The van der Waals surface area contributed by atoms with Crippen molar-refractivity contribution in [3.8, 4) is 0 Å². The zero-order valence-electron chi connectivity index (χ0n) is 15.4. The van der Waals surface area contributed by atoms with Gasteiger partial charge in [-0.25, -0.2) is 9.37 Å². The Morgan fingerprint density at radius 1 is 1.46 bits per heavy atom. The molecule has 2 aliphatic rings. The number of carbonyl (C=O) groups is 1. The zero-order valence-corrected chi connectivity index (χ0v) is 15.4. The van der Waals surface area contributed by atoms with E-state index in [1.165, 1.54) is 12.0 Å². The summed E-state index contributed by atoms with van der Waals surface area (Å²) < 4.78 is 14.6. The van der Waals surface area contributed by atoms with E-state index < -0.39 is 11.6 Å². The van der Waals surface area contributed by atoms with Crippen LogP contribution in [-0.4, -0.2) is 65.4 Å². The second-order valence-electron chi connectivity index (χ2n) is 7.55. The van der Waals surface area contributed by atoms with Crippen LogP contribution in [0.1, 0.15) is 37.4 Å². The molecule has 1 saturated heterocycles. The van der Waals surface area contributed by atoms with Gasteiger partial charge in [-0.2, -0.15) is 0 Å². The van der Waals surface area contributed by atoms with Crippen LogP contribution in [0.4, 0.5) is 10.2 Å². The van der Waals surface area contributed by atoms with Gasteiger partial charge in [0.1, 0.15) is 5.82 Å². The predicted octanol–water partition coefficient (Wildman–Crippen LogP) is 1.85. The molecule has 1 aromatic heterocycles. The fraction of sp³-hybridized carbons (Fsp3) is 0.684. The molecule has 0 amide bonds. The van der Waals surface area contributed by atoms with Gasteiger partial charge in [-0.3, -0.25) is 9.69 Å². The van der Waals surface area contributed by atoms with Gasteiger partial charge < -0.3 is 15.7 Å². The van der Waals surface area contributed by atoms with Gasteiger partial charge in [-0.1, -0.05) is 6.07 Å². The molecule has 0 aliphatic carbocycles. The van der Waals surface area contributed by atoms with E-state index in [9.17, 15) is 9.18 Å². The van der Waals surface area contributed by atoms with E-state index >= 15 is 0 Å². The first-order valence-electron chi connectivity index (χ1n) is 9.55. The van der Waals surface area contributed by atoms with E-state index in [0.717, 1.165) is 50.3 Å². The third-order valence-corrected chi connectivity index (χ3v) is 5.37. The summed E-state index contributed by atoms with van der Waals surface area (Å²) in [5, 5.41) is 15.3. The second-order valence-corrected chi connectivity index (χ2v) is 7.55. The zero-order chi connectivity index (χ0) is 18.6. The highest BCUT2D eigenvalue weighted by Crippen LogP contribution is 2.28. The molecule has 1 aromatic rings. The van der Waals surface area contributed by atoms with Crippen LogP contribution in [0.25, 0.3) is 0 Å². The minimum atomic E-state index is -1.32. The van der Waals surface area contributed by atoms with Crippen molar-refractivity contribution in [2.24, 2.45) is 0 Å². The Bertz CT molecular complexity index is 634. The number of nitrogens with one attached hydrogen (secondary N) is 2.